The largest absolute Gasteiger partial charge is 0.444 e. The van der Waals surface area contributed by atoms with Gasteiger partial charge in [-0.15, -0.1) is 11.3 Å². The molecule has 4 heterocycles. The van der Waals surface area contributed by atoms with Crippen molar-refractivity contribution >= 4 is 28.5 Å². The zero-order chi connectivity index (χ0) is 16.4. The number of anilines is 2. The van der Waals surface area contributed by atoms with Gasteiger partial charge >= 0.3 is 6.09 Å². The van der Waals surface area contributed by atoms with Crippen LogP contribution in [0.5, 0.6) is 0 Å². The number of likely N-dealkylation sites (tertiary alicyclic amines) is 1. The van der Waals surface area contributed by atoms with Crippen LogP contribution in [0.3, 0.4) is 0 Å². The van der Waals surface area contributed by atoms with E-state index in [0.29, 0.717) is 25.6 Å². The highest BCUT2D eigenvalue weighted by Gasteiger charge is 2.35. The molecular formula is C15H18N6O2S. The Balaban J connectivity index is 1.21. The van der Waals surface area contributed by atoms with Crippen molar-refractivity contribution in [3.63, 3.8) is 0 Å². The van der Waals surface area contributed by atoms with Crippen molar-refractivity contribution in [2.24, 2.45) is 0 Å². The number of ether oxygens (including phenoxy) is 1. The summed E-state index contributed by atoms with van der Waals surface area (Å²) in [4.78, 5) is 28.6. The summed E-state index contributed by atoms with van der Waals surface area (Å²) < 4.78 is 5.61. The molecule has 1 N–H and O–H groups in total. The monoisotopic (exact) mass is 346 g/mol. The minimum atomic E-state index is -0.243. The number of hydrogen-bond donors (Lipinski definition) is 1. The zero-order valence-electron chi connectivity index (χ0n) is 13.0. The Kier molecular flexibility index (Phi) is 4.16. The summed E-state index contributed by atoms with van der Waals surface area (Å²) >= 11 is 1.61. The quantitative estimate of drug-likeness (QED) is 0.897. The van der Waals surface area contributed by atoms with Crippen molar-refractivity contribution in [2.45, 2.75) is 18.6 Å². The summed E-state index contributed by atoms with van der Waals surface area (Å²) in [5.74, 6) is 0.588. The Morgan fingerprint density at radius 2 is 2.04 bits per heavy atom. The molecule has 2 saturated heterocycles. The summed E-state index contributed by atoms with van der Waals surface area (Å²) in [6.07, 6.45) is 5.71. The van der Waals surface area contributed by atoms with E-state index in [4.69, 9.17) is 4.74 Å². The van der Waals surface area contributed by atoms with Crippen LogP contribution in [0.25, 0.3) is 0 Å². The topological polar surface area (TPSA) is 83.5 Å². The van der Waals surface area contributed by atoms with Gasteiger partial charge in [-0.3, -0.25) is 0 Å². The normalized spacial score (nSPS) is 20.8. The summed E-state index contributed by atoms with van der Waals surface area (Å²) in [6.45, 7) is 2.81. The van der Waals surface area contributed by atoms with Crippen molar-refractivity contribution in [1.82, 2.24) is 19.9 Å². The van der Waals surface area contributed by atoms with E-state index < -0.39 is 0 Å². The van der Waals surface area contributed by atoms with Crippen LogP contribution in [0.4, 0.5) is 15.9 Å². The van der Waals surface area contributed by atoms with Gasteiger partial charge in [0.15, 0.2) is 5.13 Å². The maximum absolute atomic E-state index is 12.2. The molecule has 1 amide bonds. The van der Waals surface area contributed by atoms with Gasteiger partial charge in [0, 0.05) is 50.0 Å². The van der Waals surface area contributed by atoms with Crippen LogP contribution >= 0.6 is 11.3 Å². The Morgan fingerprint density at radius 3 is 2.79 bits per heavy atom. The zero-order valence-corrected chi connectivity index (χ0v) is 13.9. The van der Waals surface area contributed by atoms with E-state index in [1.807, 2.05) is 5.38 Å². The van der Waals surface area contributed by atoms with Crippen molar-refractivity contribution in [3.8, 4) is 0 Å². The van der Waals surface area contributed by atoms with Gasteiger partial charge in [-0.1, -0.05) is 0 Å². The standard InChI is InChI=1S/C15H18N6O2S/c22-15(21-8-11(9-21)19-13-16-3-1-4-17-13)23-12-2-6-20(10-12)14-18-5-7-24-14/h1,3-5,7,11-12H,2,6,8-10H2,(H,16,17,19). The summed E-state index contributed by atoms with van der Waals surface area (Å²) in [5, 5.41) is 6.14. The Morgan fingerprint density at radius 1 is 1.21 bits per heavy atom. The maximum Gasteiger partial charge on any atom is 0.410 e. The highest BCUT2D eigenvalue weighted by molar-refractivity contribution is 7.13. The van der Waals surface area contributed by atoms with Crippen LogP contribution in [0.1, 0.15) is 6.42 Å². The predicted octanol–water partition coefficient (Wildman–Crippen LogP) is 1.44. The number of hydrogen-bond acceptors (Lipinski definition) is 8. The molecule has 1 atom stereocenters. The third kappa shape index (κ3) is 3.25. The van der Waals surface area contributed by atoms with Gasteiger partial charge in [-0.05, 0) is 6.07 Å². The van der Waals surface area contributed by atoms with Crippen LogP contribution < -0.4 is 10.2 Å². The minimum absolute atomic E-state index is 0.0640. The molecule has 2 aliphatic heterocycles. The molecule has 126 valence electrons. The van der Waals surface area contributed by atoms with E-state index >= 15 is 0 Å². The van der Waals surface area contributed by atoms with Gasteiger partial charge < -0.3 is 19.9 Å². The molecule has 9 heteroatoms. The molecule has 24 heavy (non-hydrogen) atoms. The summed E-state index contributed by atoms with van der Waals surface area (Å²) in [7, 11) is 0. The van der Waals surface area contributed by atoms with E-state index in [1.165, 1.54) is 0 Å². The lowest BCUT2D eigenvalue weighted by molar-refractivity contribution is 0.0498. The van der Waals surface area contributed by atoms with Gasteiger partial charge in [0.25, 0.3) is 0 Å². The molecule has 0 saturated carbocycles. The first-order valence-electron chi connectivity index (χ1n) is 7.91. The first kappa shape index (κ1) is 15.1. The van der Waals surface area contributed by atoms with Crippen LogP contribution in [0.15, 0.2) is 30.0 Å². The minimum Gasteiger partial charge on any atom is -0.444 e. The molecule has 4 rings (SSSR count). The van der Waals surface area contributed by atoms with Crippen LogP contribution in [0.2, 0.25) is 0 Å². The summed E-state index contributed by atoms with van der Waals surface area (Å²) in [6, 6.07) is 1.95. The van der Waals surface area contributed by atoms with Crippen molar-refractivity contribution < 1.29 is 9.53 Å². The highest BCUT2D eigenvalue weighted by atomic mass is 32.1. The molecule has 0 aromatic carbocycles. The number of rotatable bonds is 4. The Labute approximate surface area is 143 Å². The van der Waals surface area contributed by atoms with Gasteiger partial charge in [0.2, 0.25) is 5.95 Å². The van der Waals surface area contributed by atoms with E-state index in [-0.39, 0.29) is 18.2 Å². The Bertz CT molecular complexity index is 677. The number of thiazole rings is 1. The molecule has 2 fully saturated rings. The number of nitrogens with zero attached hydrogens (tertiary/aromatic N) is 5. The highest BCUT2D eigenvalue weighted by Crippen LogP contribution is 2.24. The first-order valence-corrected chi connectivity index (χ1v) is 8.79. The van der Waals surface area contributed by atoms with E-state index in [9.17, 15) is 4.79 Å². The van der Waals surface area contributed by atoms with Gasteiger partial charge in [0.05, 0.1) is 12.6 Å². The predicted molar refractivity (Wildman–Crippen MR) is 90.2 cm³/mol. The maximum atomic E-state index is 12.2. The Hall–Kier alpha value is -2.42. The average molecular weight is 346 g/mol. The smallest absolute Gasteiger partial charge is 0.410 e. The SMILES string of the molecule is O=C(OC1CCN(c2nccs2)C1)N1CC(Nc2ncccn2)C1. The van der Waals surface area contributed by atoms with Gasteiger partial charge in [-0.2, -0.15) is 0 Å². The van der Waals surface area contributed by atoms with E-state index in [2.05, 4.69) is 25.2 Å². The van der Waals surface area contributed by atoms with Crippen molar-refractivity contribution in [3.05, 3.63) is 30.0 Å². The summed E-state index contributed by atoms with van der Waals surface area (Å²) in [5.41, 5.74) is 0. The molecule has 1 unspecified atom stereocenters. The van der Waals surface area contributed by atoms with Gasteiger partial charge in [-0.25, -0.2) is 19.7 Å². The number of aromatic nitrogens is 3. The van der Waals surface area contributed by atoms with Crippen LogP contribution in [0, 0.1) is 0 Å². The fourth-order valence-electron chi connectivity index (χ4n) is 2.86. The lowest BCUT2D eigenvalue weighted by Gasteiger charge is -2.39. The third-order valence-corrected chi connectivity index (χ3v) is 4.97. The molecule has 2 aromatic heterocycles. The second-order valence-corrected chi connectivity index (χ2v) is 6.75. The fraction of sp³-hybridized carbons (Fsp3) is 0.467. The molecule has 8 nitrogen and oxygen atoms in total. The number of carbonyl (C=O) groups excluding carboxylic acids is 1. The molecule has 2 aromatic rings. The van der Waals surface area contributed by atoms with E-state index in [0.717, 1.165) is 18.1 Å². The van der Waals surface area contributed by atoms with E-state index in [1.54, 1.807) is 40.9 Å². The number of amides is 1. The van der Waals surface area contributed by atoms with Crippen LogP contribution in [-0.4, -0.2) is 64.3 Å². The molecule has 0 bridgehead atoms. The third-order valence-electron chi connectivity index (χ3n) is 4.14. The van der Waals surface area contributed by atoms with Crippen LogP contribution in [-0.2, 0) is 4.74 Å². The molecular weight excluding hydrogens is 328 g/mol. The number of nitrogens with one attached hydrogen (secondary N) is 1. The molecule has 0 spiro atoms. The lowest BCUT2D eigenvalue weighted by atomic mass is 10.1. The average Bonchev–Trinajstić information content (AvgIpc) is 3.22. The first-order chi connectivity index (χ1) is 11.8. The second-order valence-electron chi connectivity index (χ2n) is 5.87. The van der Waals surface area contributed by atoms with Gasteiger partial charge in [0.1, 0.15) is 6.10 Å². The molecule has 2 aliphatic rings. The second kappa shape index (κ2) is 6.60. The lowest BCUT2D eigenvalue weighted by Crippen LogP contribution is -2.57. The van der Waals surface area contributed by atoms with Crippen molar-refractivity contribution in [1.29, 1.82) is 0 Å². The van der Waals surface area contributed by atoms with Crippen molar-refractivity contribution in [2.75, 3.05) is 36.4 Å². The fourth-order valence-corrected chi connectivity index (χ4v) is 3.54. The molecule has 0 radical (unpaired) electrons. The number of carbonyl (C=O) groups is 1. The molecule has 0 aliphatic carbocycles.